The topological polar surface area (TPSA) is 24.5 Å². The standard InChI is InChI=1S/C15H23BrN2O/c1-11(17-13-6-8-18(2)9-7-13)12-4-5-15(19-3)14(16)10-12/h4-5,10-11,13,17H,6-9H2,1-3H3/t11-/m1/s1. The van der Waals surface area contributed by atoms with E-state index in [1.807, 2.05) is 6.07 Å². The van der Waals surface area contributed by atoms with Crippen molar-refractivity contribution in [3.05, 3.63) is 28.2 Å². The number of benzene rings is 1. The van der Waals surface area contributed by atoms with Crippen LogP contribution in [-0.2, 0) is 0 Å². The molecule has 1 aliphatic rings. The smallest absolute Gasteiger partial charge is 0.133 e. The van der Waals surface area contributed by atoms with Gasteiger partial charge in [-0.2, -0.15) is 0 Å². The van der Waals surface area contributed by atoms with Gasteiger partial charge in [0.15, 0.2) is 0 Å². The van der Waals surface area contributed by atoms with Gasteiger partial charge >= 0.3 is 0 Å². The Morgan fingerprint density at radius 1 is 1.37 bits per heavy atom. The lowest BCUT2D eigenvalue weighted by atomic mass is 10.0. The number of piperidine rings is 1. The van der Waals surface area contributed by atoms with Gasteiger partial charge in [0.05, 0.1) is 11.6 Å². The second-order valence-electron chi connectivity index (χ2n) is 5.36. The SMILES string of the molecule is COc1ccc([C@@H](C)NC2CCN(C)CC2)cc1Br. The van der Waals surface area contributed by atoms with Crippen molar-refractivity contribution in [3.63, 3.8) is 0 Å². The highest BCUT2D eigenvalue weighted by atomic mass is 79.9. The molecule has 1 saturated heterocycles. The molecular weight excluding hydrogens is 304 g/mol. The number of likely N-dealkylation sites (tertiary alicyclic amines) is 1. The van der Waals surface area contributed by atoms with Crippen LogP contribution in [0.15, 0.2) is 22.7 Å². The quantitative estimate of drug-likeness (QED) is 0.919. The molecule has 1 aromatic rings. The first-order valence-electron chi connectivity index (χ1n) is 6.88. The van der Waals surface area contributed by atoms with Gasteiger partial charge < -0.3 is 15.0 Å². The molecule has 0 saturated carbocycles. The number of rotatable bonds is 4. The fourth-order valence-electron chi connectivity index (χ4n) is 2.58. The fourth-order valence-corrected chi connectivity index (χ4v) is 3.14. The maximum absolute atomic E-state index is 5.27. The molecule has 3 nitrogen and oxygen atoms in total. The normalized spacial score (nSPS) is 19.4. The summed E-state index contributed by atoms with van der Waals surface area (Å²) in [5.41, 5.74) is 1.30. The molecule has 1 aromatic carbocycles. The minimum Gasteiger partial charge on any atom is -0.496 e. The van der Waals surface area contributed by atoms with Crippen LogP contribution in [0.4, 0.5) is 0 Å². The van der Waals surface area contributed by atoms with E-state index in [-0.39, 0.29) is 0 Å². The number of hydrogen-bond donors (Lipinski definition) is 1. The van der Waals surface area contributed by atoms with Crippen molar-refractivity contribution in [1.82, 2.24) is 10.2 Å². The molecule has 0 unspecified atom stereocenters. The Hall–Kier alpha value is -0.580. The lowest BCUT2D eigenvalue weighted by Crippen LogP contribution is -2.41. The average Bonchev–Trinajstić information content (AvgIpc) is 2.41. The van der Waals surface area contributed by atoms with Crippen LogP contribution in [0.1, 0.15) is 31.4 Å². The molecular formula is C15H23BrN2O. The average molecular weight is 327 g/mol. The predicted octanol–water partition coefficient (Wildman–Crippen LogP) is 3.20. The Labute approximate surface area is 124 Å². The summed E-state index contributed by atoms with van der Waals surface area (Å²) in [7, 11) is 3.89. The first-order chi connectivity index (χ1) is 9.10. The Bertz CT molecular complexity index is 417. The molecule has 0 aliphatic carbocycles. The van der Waals surface area contributed by atoms with E-state index in [4.69, 9.17) is 4.74 Å². The van der Waals surface area contributed by atoms with Crippen molar-refractivity contribution in [2.75, 3.05) is 27.2 Å². The molecule has 1 N–H and O–H groups in total. The van der Waals surface area contributed by atoms with Crippen LogP contribution in [0.5, 0.6) is 5.75 Å². The maximum atomic E-state index is 5.27. The Morgan fingerprint density at radius 3 is 2.63 bits per heavy atom. The van der Waals surface area contributed by atoms with E-state index in [0.29, 0.717) is 12.1 Å². The van der Waals surface area contributed by atoms with Gasteiger partial charge in [-0.05, 0) is 73.5 Å². The lowest BCUT2D eigenvalue weighted by Gasteiger charge is -2.31. The molecule has 1 atom stereocenters. The summed E-state index contributed by atoms with van der Waals surface area (Å²) < 4.78 is 6.29. The minimum absolute atomic E-state index is 0.371. The number of methoxy groups -OCH3 is 1. The van der Waals surface area contributed by atoms with Crippen LogP contribution in [0.25, 0.3) is 0 Å². The summed E-state index contributed by atoms with van der Waals surface area (Å²) in [6, 6.07) is 7.30. The molecule has 1 fully saturated rings. The number of ether oxygens (including phenoxy) is 1. The number of nitrogens with one attached hydrogen (secondary N) is 1. The van der Waals surface area contributed by atoms with Crippen molar-refractivity contribution in [2.24, 2.45) is 0 Å². The summed E-state index contributed by atoms with van der Waals surface area (Å²) >= 11 is 3.55. The number of halogens is 1. The van der Waals surface area contributed by atoms with Gasteiger partial charge in [0.2, 0.25) is 0 Å². The van der Waals surface area contributed by atoms with Gasteiger partial charge in [0, 0.05) is 12.1 Å². The summed E-state index contributed by atoms with van der Waals surface area (Å²) in [6.45, 7) is 4.61. The zero-order chi connectivity index (χ0) is 13.8. The van der Waals surface area contributed by atoms with Crippen molar-refractivity contribution in [2.45, 2.75) is 31.8 Å². The van der Waals surface area contributed by atoms with E-state index in [2.05, 4.69) is 52.3 Å². The molecule has 1 heterocycles. The van der Waals surface area contributed by atoms with Crippen LogP contribution in [0.2, 0.25) is 0 Å². The third-order valence-electron chi connectivity index (χ3n) is 3.88. The fraction of sp³-hybridized carbons (Fsp3) is 0.600. The van der Waals surface area contributed by atoms with Gasteiger partial charge in [-0.15, -0.1) is 0 Å². The zero-order valence-corrected chi connectivity index (χ0v) is 13.5. The van der Waals surface area contributed by atoms with Crippen LogP contribution >= 0.6 is 15.9 Å². The first kappa shape index (κ1) is 14.8. The van der Waals surface area contributed by atoms with Crippen LogP contribution in [0, 0.1) is 0 Å². The van der Waals surface area contributed by atoms with Gasteiger partial charge in [-0.25, -0.2) is 0 Å². The predicted molar refractivity (Wildman–Crippen MR) is 82.8 cm³/mol. The zero-order valence-electron chi connectivity index (χ0n) is 11.9. The summed E-state index contributed by atoms with van der Waals surface area (Å²) in [4.78, 5) is 2.40. The third-order valence-corrected chi connectivity index (χ3v) is 4.50. The molecule has 0 amide bonds. The van der Waals surface area contributed by atoms with Gasteiger partial charge in [0.25, 0.3) is 0 Å². The van der Waals surface area contributed by atoms with E-state index in [9.17, 15) is 0 Å². The highest BCUT2D eigenvalue weighted by molar-refractivity contribution is 9.10. The van der Waals surface area contributed by atoms with Crippen LogP contribution in [-0.4, -0.2) is 38.2 Å². The molecule has 0 bridgehead atoms. The van der Waals surface area contributed by atoms with Crippen LogP contribution < -0.4 is 10.1 Å². The summed E-state index contributed by atoms with van der Waals surface area (Å²) in [5, 5.41) is 3.73. The molecule has 0 spiro atoms. The van der Waals surface area contributed by atoms with E-state index in [1.165, 1.54) is 31.5 Å². The molecule has 1 aliphatic heterocycles. The van der Waals surface area contributed by atoms with Crippen LogP contribution in [0.3, 0.4) is 0 Å². The molecule has 0 aromatic heterocycles. The highest BCUT2D eigenvalue weighted by Gasteiger charge is 2.19. The second-order valence-corrected chi connectivity index (χ2v) is 6.21. The van der Waals surface area contributed by atoms with E-state index >= 15 is 0 Å². The van der Waals surface area contributed by atoms with E-state index in [0.717, 1.165) is 10.2 Å². The molecule has 106 valence electrons. The van der Waals surface area contributed by atoms with Crippen molar-refractivity contribution in [3.8, 4) is 5.75 Å². The molecule has 2 rings (SSSR count). The number of hydrogen-bond acceptors (Lipinski definition) is 3. The van der Waals surface area contributed by atoms with E-state index in [1.54, 1.807) is 7.11 Å². The van der Waals surface area contributed by atoms with E-state index < -0.39 is 0 Å². The molecule has 4 heteroatoms. The maximum Gasteiger partial charge on any atom is 0.133 e. The Morgan fingerprint density at radius 2 is 2.05 bits per heavy atom. The van der Waals surface area contributed by atoms with Crippen molar-refractivity contribution in [1.29, 1.82) is 0 Å². The third kappa shape index (κ3) is 3.94. The van der Waals surface area contributed by atoms with Gasteiger partial charge in [-0.1, -0.05) is 6.07 Å². The lowest BCUT2D eigenvalue weighted by molar-refractivity contribution is 0.226. The summed E-state index contributed by atoms with van der Waals surface area (Å²) in [6.07, 6.45) is 2.47. The monoisotopic (exact) mass is 326 g/mol. The number of nitrogens with zero attached hydrogens (tertiary/aromatic N) is 1. The molecule has 19 heavy (non-hydrogen) atoms. The van der Waals surface area contributed by atoms with Crippen molar-refractivity contribution < 1.29 is 4.74 Å². The van der Waals surface area contributed by atoms with Crippen molar-refractivity contribution >= 4 is 15.9 Å². The highest BCUT2D eigenvalue weighted by Crippen LogP contribution is 2.28. The summed E-state index contributed by atoms with van der Waals surface area (Å²) in [5.74, 6) is 0.884. The molecule has 0 radical (unpaired) electrons. The van der Waals surface area contributed by atoms with Gasteiger partial charge in [0.1, 0.15) is 5.75 Å². The minimum atomic E-state index is 0.371. The Kier molecular flexibility index (Phi) is 5.25. The van der Waals surface area contributed by atoms with Gasteiger partial charge in [-0.3, -0.25) is 0 Å². The largest absolute Gasteiger partial charge is 0.496 e. The second kappa shape index (κ2) is 6.73. The first-order valence-corrected chi connectivity index (χ1v) is 7.67. The Balaban J connectivity index is 1.96.